The van der Waals surface area contributed by atoms with Crippen LogP contribution in [0.1, 0.15) is 10.4 Å². The minimum absolute atomic E-state index is 0.0293. The van der Waals surface area contributed by atoms with E-state index in [9.17, 15) is 31.1 Å². The van der Waals surface area contributed by atoms with Crippen LogP contribution >= 0.6 is 0 Å². The van der Waals surface area contributed by atoms with Gasteiger partial charge in [0.25, 0.3) is 0 Å². The van der Waals surface area contributed by atoms with E-state index in [0.717, 1.165) is 30.3 Å². The molecule has 0 aromatic heterocycles. The first-order chi connectivity index (χ1) is 11.1. The third kappa shape index (κ3) is 4.90. The number of ether oxygens (including phenoxy) is 2. The van der Waals surface area contributed by atoms with Crippen molar-refractivity contribution in [2.24, 2.45) is 0 Å². The maximum absolute atomic E-state index is 12.5. The molecule has 2 aromatic carbocycles. The molecule has 0 saturated carbocycles. The molecule has 0 saturated heterocycles. The Morgan fingerprint density at radius 3 is 2.08 bits per heavy atom. The lowest BCUT2D eigenvalue weighted by Crippen LogP contribution is -2.18. The SMILES string of the molecule is O=Cc1ccc(OC(F)(F)F)c(-c2cccc(OC(F)(F)F)c2)c1. The standard InChI is InChI=1S/C15H8F6O3/c16-14(17,18)23-11-3-1-2-10(7-11)12-6-9(8-22)4-5-13(12)24-15(19,20)21/h1-8H. The molecule has 9 heteroatoms. The van der Waals surface area contributed by atoms with Gasteiger partial charge in [0.2, 0.25) is 0 Å². The quantitative estimate of drug-likeness (QED) is 0.577. The van der Waals surface area contributed by atoms with E-state index < -0.39 is 24.2 Å². The molecule has 128 valence electrons. The average molecular weight is 350 g/mol. The molecule has 2 rings (SSSR count). The smallest absolute Gasteiger partial charge is 0.406 e. The molecule has 0 aliphatic heterocycles. The minimum Gasteiger partial charge on any atom is -0.406 e. The second kappa shape index (κ2) is 6.42. The van der Waals surface area contributed by atoms with Crippen molar-refractivity contribution in [3.8, 4) is 22.6 Å². The van der Waals surface area contributed by atoms with Crippen LogP contribution < -0.4 is 9.47 Å². The molecule has 0 aliphatic carbocycles. The van der Waals surface area contributed by atoms with Gasteiger partial charge in [-0.15, -0.1) is 26.3 Å². The lowest BCUT2D eigenvalue weighted by Gasteiger charge is -2.15. The van der Waals surface area contributed by atoms with E-state index in [-0.39, 0.29) is 16.7 Å². The highest BCUT2D eigenvalue weighted by Crippen LogP contribution is 2.36. The summed E-state index contributed by atoms with van der Waals surface area (Å²) < 4.78 is 81.7. The van der Waals surface area contributed by atoms with Crippen molar-refractivity contribution in [3.63, 3.8) is 0 Å². The molecule has 0 N–H and O–H groups in total. The first kappa shape index (κ1) is 17.6. The van der Waals surface area contributed by atoms with Gasteiger partial charge >= 0.3 is 12.7 Å². The molecule has 0 amide bonds. The zero-order chi connectivity index (χ0) is 18.0. The van der Waals surface area contributed by atoms with Gasteiger partial charge in [-0.2, -0.15) is 0 Å². The summed E-state index contributed by atoms with van der Waals surface area (Å²) in [5.41, 5.74) is -0.217. The number of carbonyl (C=O) groups excluding carboxylic acids is 1. The Morgan fingerprint density at radius 1 is 0.833 bits per heavy atom. The van der Waals surface area contributed by atoms with Crippen LogP contribution in [0.5, 0.6) is 11.5 Å². The second-order valence-electron chi connectivity index (χ2n) is 4.50. The van der Waals surface area contributed by atoms with Gasteiger partial charge in [-0.3, -0.25) is 4.79 Å². The van der Waals surface area contributed by atoms with Crippen LogP contribution in [0.4, 0.5) is 26.3 Å². The number of hydrogen-bond acceptors (Lipinski definition) is 3. The first-order valence-electron chi connectivity index (χ1n) is 6.28. The molecule has 24 heavy (non-hydrogen) atoms. The predicted octanol–water partition coefficient (Wildman–Crippen LogP) is 4.96. The van der Waals surface area contributed by atoms with Crippen molar-refractivity contribution >= 4 is 6.29 Å². The van der Waals surface area contributed by atoms with Gasteiger partial charge < -0.3 is 9.47 Å². The summed E-state index contributed by atoms with van der Waals surface area (Å²) in [5.74, 6) is -1.27. The van der Waals surface area contributed by atoms with Gasteiger partial charge in [-0.25, -0.2) is 0 Å². The summed E-state index contributed by atoms with van der Waals surface area (Å²) >= 11 is 0. The second-order valence-corrected chi connectivity index (χ2v) is 4.50. The molecule has 0 spiro atoms. The molecule has 0 heterocycles. The van der Waals surface area contributed by atoms with E-state index >= 15 is 0 Å². The molecular weight excluding hydrogens is 342 g/mol. The Morgan fingerprint density at radius 2 is 1.50 bits per heavy atom. The number of hydrogen-bond donors (Lipinski definition) is 0. The van der Waals surface area contributed by atoms with Crippen LogP contribution in [0.15, 0.2) is 42.5 Å². The number of halogens is 6. The fourth-order valence-corrected chi connectivity index (χ4v) is 1.92. The summed E-state index contributed by atoms with van der Waals surface area (Å²) in [6.45, 7) is 0. The monoisotopic (exact) mass is 350 g/mol. The number of rotatable bonds is 4. The van der Waals surface area contributed by atoms with Crippen molar-refractivity contribution in [1.82, 2.24) is 0 Å². The van der Waals surface area contributed by atoms with Crippen molar-refractivity contribution in [3.05, 3.63) is 48.0 Å². The van der Waals surface area contributed by atoms with Crippen molar-refractivity contribution in [2.75, 3.05) is 0 Å². The van der Waals surface area contributed by atoms with Crippen LogP contribution in [-0.2, 0) is 0 Å². The zero-order valence-corrected chi connectivity index (χ0v) is 11.6. The molecule has 0 aliphatic rings. The zero-order valence-electron chi connectivity index (χ0n) is 11.6. The van der Waals surface area contributed by atoms with E-state index in [2.05, 4.69) is 9.47 Å². The van der Waals surface area contributed by atoms with Crippen LogP contribution in [0.25, 0.3) is 11.1 Å². The summed E-state index contributed by atoms with van der Waals surface area (Å²) in [5, 5.41) is 0. The molecular formula is C15H8F6O3. The molecule has 0 atom stereocenters. The normalized spacial score (nSPS) is 11.9. The lowest BCUT2D eigenvalue weighted by atomic mass is 10.0. The number of alkyl halides is 6. The van der Waals surface area contributed by atoms with Crippen LogP contribution in [-0.4, -0.2) is 19.0 Å². The Bertz CT molecular complexity index is 737. The number of benzene rings is 2. The Hall–Kier alpha value is -2.71. The highest BCUT2D eigenvalue weighted by atomic mass is 19.4. The maximum Gasteiger partial charge on any atom is 0.573 e. The highest BCUT2D eigenvalue weighted by molar-refractivity contribution is 5.81. The van der Waals surface area contributed by atoms with Crippen molar-refractivity contribution < 1.29 is 40.6 Å². The van der Waals surface area contributed by atoms with Crippen LogP contribution in [0.3, 0.4) is 0 Å². The lowest BCUT2D eigenvalue weighted by molar-refractivity contribution is -0.275. The number of aldehydes is 1. The van der Waals surface area contributed by atoms with E-state index in [4.69, 9.17) is 0 Å². The van der Waals surface area contributed by atoms with Gasteiger partial charge in [0, 0.05) is 11.1 Å². The fourth-order valence-electron chi connectivity index (χ4n) is 1.92. The fraction of sp³-hybridized carbons (Fsp3) is 0.133. The third-order valence-electron chi connectivity index (χ3n) is 2.74. The third-order valence-corrected chi connectivity index (χ3v) is 2.74. The summed E-state index contributed by atoms with van der Waals surface area (Å²) in [7, 11) is 0. The molecule has 0 bridgehead atoms. The maximum atomic E-state index is 12.5. The average Bonchev–Trinajstić information content (AvgIpc) is 2.44. The number of carbonyl (C=O) groups is 1. The van der Waals surface area contributed by atoms with Crippen molar-refractivity contribution in [1.29, 1.82) is 0 Å². The Labute approximate surface area is 131 Å². The van der Waals surface area contributed by atoms with Crippen LogP contribution in [0.2, 0.25) is 0 Å². The van der Waals surface area contributed by atoms with E-state index in [0.29, 0.717) is 6.29 Å². The largest absolute Gasteiger partial charge is 0.573 e. The van der Waals surface area contributed by atoms with Crippen molar-refractivity contribution in [2.45, 2.75) is 12.7 Å². The van der Waals surface area contributed by atoms with Gasteiger partial charge in [0.05, 0.1) is 0 Å². The topological polar surface area (TPSA) is 35.5 Å². The van der Waals surface area contributed by atoms with E-state index in [1.54, 1.807) is 0 Å². The van der Waals surface area contributed by atoms with E-state index in [1.165, 1.54) is 12.1 Å². The van der Waals surface area contributed by atoms with Gasteiger partial charge in [-0.05, 0) is 35.9 Å². The molecule has 0 fully saturated rings. The summed E-state index contributed by atoms with van der Waals surface area (Å²) in [6.07, 6.45) is -9.57. The van der Waals surface area contributed by atoms with E-state index in [1.807, 2.05) is 0 Å². The van der Waals surface area contributed by atoms with Gasteiger partial charge in [0.1, 0.15) is 17.8 Å². The predicted molar refractivity (Wildman–Crippen MR) is 70.6 cm³/mol. The molecule has 0 radical (unpaired) electrons. The van der Waals surface area contributed by atoms with Gasteiger partial charge in [0.15, 0.2) is 0 Å². The summed E-state index contributed by atoms with van der Waals surface area (Å²) in [6, 6.07) is 7.38. The van der Waals surface area contributed by atoms with Crippen LogP contribution in [0, 0.1) is 0 Å². The molecule has 0 unspecified atom stereocenters. The summed E-state index contributed by atoms with van der Waals surface area (Å²) in [4.78, 5) is 10.8. The first-order valence-corrected chi connectivity index (χ1v) is 6.28. The Balaban J connectivity index is 2.49. The molecule has 2 aromatic rings. The Kier molecular flexibility index (Phi) is 4.72. The van der Waals surface area contributed by atoms with Gasteiger partial charge in [-0.1, -0.05) is 12.1 Å². The molecule has 3 nitrogen and oxygen atoms in total. The highest BCUT2D eigenvalue weighted by Gasteiger charge is 2.33. The minimum atomic E-state index is -5.00.